The van der Waals surface area contributed by atoms with Crippen molar-refractivity contribution in [3.8, 4) is 56.4 Å². The maximum Gasteiger partial charge on any atom is 0.207 e. The van der Waals surface area contributed by atoms with Gasteiger partial charge in [-0.05, 0) is 119 Å². The summed E-state index contributed by atoms with van der Waals surface area (Å²) >= 11 is 0. The van der Waals surface area contributed by atoms with E-state index in [0.717, 1.165) is 61.9 Å². The summed E-state index contributed by atoms with van der Waals surface area (Å²) in [5.41, 5.74) is 8.82. The smallest absolute Gasteiger partial charge is 0.207 e. The number of hydrogen-bond donors (Lipinski definition) is 0. The lowest BCUT2D eigenvalue weighted by Crippen LogP contribution is -2.57. The quantitative estimate of drug-likeness (QED) is 0.176. The molecule has 0 unspecified atom stereocenters. The molecule has 6 aromatic carbocycles. The van der Waals surface area contributed by atoms with Crippen LogP contribution in [0.25, 0.3) is 56.4 Å². The third-order valence-electron chi connectivity index (χ3n) is 13.1. The van der Waals surface area contributed by atoms with Gasteiger partial charge in [0.05, 0.1) is 9.79 Å². The summed E-state index contributed by atoms with van der Waals surface area (Å²) in [6.07, 6.45) is 6.12. The van der Waals surface area contributed by atoms with Crippen molar-refractivity contribution in [1.29, 1.82) is 0 Å². The van der Waals surface area contributed by atoms with E-state index in [4.69, 9.17) is 15.0 Å². The molecule has 4 saturated carbocycles. The Morgan fingerprint density at radius 3 is 1.42 bits per heavy atom. The van der Waals surface area contributed by atoms with Gasteiger partial charge in [-0.2, -0.15) is 0 Å². The van der Waals surface area contributed by atoms with Gasteiger partial charge in [0.15, 0.2) is 17.5 Å². The van der Waals surface area contributed by atoms with E-state index in [1.54, 1.807) is 0 Å². The normalized spacial score (nSPS) is 24.0. The highest BCUT2D eigenvalue weighted by Gasteiger charge is 2.62. The van der Waals surface area contributed by atoms with Crippen LogP contribution < -0.4 is 0 Å². The molecular formula is C49H39N3O2S. The summed E-state index contributed by atoms with van der Waals surface area (Å²) in [6, 6.07) is 51.2. The van der Waals surface area contributed by atoms with Gasteiger partial charge in [-0.25, -0.2) is 23.4 Å². The summed E-state index contributed by atoms with van der Waals surface area (Å²) < 4.78 is 28.7. The van der Waals surface area contributed by atoms with Crippen LogP contribution in [-0.4, -0.2) is 23.4 Å². The first kappa shape index (κ1) is 32.7. The Hall–Kier alpha value is -5.72. The molecule has 0 amide bonds. The highest BCUT2D eigenvalue weighted by atomic mass is 32.2. The van der Waals surface area contributed by atoms with Crippen molar-refractivity contribution in [1.82, 2.24) is 15.0 Å². The van der Waals surface area contributed by atoms with Crippen LogP contribution >= 0.6 is 0 Å². The van der Waals surface area contributed by atoms with Crippen molar-refractivity contribution in [3.63, 3.8) is 0 Å². The van der Waals surface area contributed by atoms with Crippen LogP contribution in [0.4, 0.5) is 0 Å². The Morgan fingerprint density at radius 1 is 0.400 bits per heavy atom. The van der Waals surface area contributed by atoms with Crippen molar-refractivity contribution in [2.75, 3.05) is 0 Å². The largest absolute Gasteiger partial charge is 0.218 e. The molecule has 1 aromatic heterocycles. The van der Waals surface area contributed by atoms with Gasteiger partial charge >= 0.3 is 0 Å². The molecule has 55 heavy (non-hydrogen) atoms. The predicted molar refractivity (Wildman–Crippen MR) is 217 cm³/mol. The minimum absolute atomic E-state index is 0.269. The molecule has 4 aliphatic carbocycles. The van der Waals surface area contributed by atoms with Gasteiger partial charge in [0.1, 0.15) is 0 Å². The Labute approximate surface area is 322 Å². The van der Waals surface area contributed by atoms with Gasteiger partial charge < -0.3 is 0 Å². The third-order valence-corrected chi connectivity index (χ3v) is 15.0. The van der Waals surface area contributed by atoms with Crippen LogP contribution in [0.1, 0.15) is 43.2 Å². The van der Waals surface area contributed by atoms with Gasteiger partial charge in [-0.15, -0.1) is 0 Å². The molecule has 2 heterocycles. The molecule has 0 N–H and O–H groups in total. The minimum Gasteiger partial charge on any atom is -0.218 e. The summed E-state index contributed by atoms with van der Waals surface area (Å²) in [7, 11) is -3.65. The number of fused-ring (bicyclic) bond motifs is 2. The molecular weight excluding hydrogens is 695 g/mol. The maximum absolute atomic E-state index is 14.3. The Kier molecular flexibility index (Phi) is 7.37. The minimum atomic E-state index is -3.65. The lowest BCUT2D eigenvalue weighted by molar-refractivity contribution is -0.0446. The topological polar surface area (TPSA) is 72.8 Å². The maximum atomic E-state index is 14.3. The SMILES string of the molecule is O=S1(=O)c2ccccc2C2(c3cc(-c4cccc(-c5cccc(-c6nc(-c7ccccc7)nc(-c7ccccc7)n6)c5)c4)ccc31)C1CC3CC(C1)CC2C3. The van der Waals surface area contributed by atoms with E-state index in [0.29, 0.717) is 39.1 Å². The van der Waals surface area contributed by atoms with Crippen LogP contribution in [0.15, 0.2) is 161 Å². The Morgan fingerprint density at radius 2 is 0.836 bits per heavy atom. The van der Waals surface area contributed by atoms with Crippen molar-refractivity contribution in [3.05, 3.63) is 163 Å². The number of hydrogen-bond acceptors (Lipinski definition) is 5. The average molecular weight is 734 g/mol. The molecule has 0 radical (unpaired) electrons. The Balaban J connectivity index is 1.01. The Bertz CT molecular complexity index is 2660. The summed E-state index contributed by atoms with van der Waals surface area (Å²) in [4.78, 5) is 15.8. The van der Waals surface area contributed by atoms with E-state index in [2.05, 4.69) is 66.7 Å². The monoisotopic (exact) mass is 733 g/mol. The van der Waals surface area contributed by atoms with Gasteiger partial charge in [-0.3, -0.25) is 0 Å². The van der Waals surface area contributed by atoms with Crippen molar-refractivity contribution in [2.24, 2.45) is 23.7 Å². The molecule has 5 nitrogen and oxygen atoms in total. The van der Waals surface area contributed by atoms with E-state index < -0.39 is 9.84 Å². The number of benzene rings is 6. The lowest BCUT2D eigenvalue weighted by atomic mass is 9.42. The van der Waals surface area contributed by atoms with Crippen molar-refractivity contribution >= 4 is 9.84 Å². The average Bonchev–Trinajstić information content (AvgIpc) is 3.24. The number of aromatic nitrogens is 3. The van der Waals surface area contributed by atoms with Gasteiger partial charge in [0, 0.05) is 22.1 Å². The summed E-state index contributed by atoms with van der Waals surface area (Å²) in [5.74, 6) is 4.34. The highest BCUT2D eigenvalue weighted by Crippen LogP contribution is 2.68. The highest BCUT2D eigenvalue weighted by molar-refractivity contribution is 7.91. The van der Waals surface area contributed by atoms with Crippen LogP contribution in [0.5, 0.6) is 0 Å². The fraction of sp³-hybridized carbons (Fsp3) is 0.204. The predicted octanol–water partition coefficient (Wildman–Crippen LogP) is 11.1. The van der Waals surface area contributed by atoms with Crippen LogP contribution in [0.2, 0.25) is 0 Å². The second kappa shape index (κ2) is 12.4. The summed E-state index contributed by atoms with van der Waals surface area (Å²) in [5, 5.41) is 0. The number of nitrogens with zero attached hydrogens (tertiary/aromatic N) is 3. The number of sulfone groups is 1. The fourth-order valence-corrected chi connectivity index (χ4v) is 12.8. The second-order valence-corrected chi connectivity index (χ2v) is 18.0. The third kappa shape index (κ3) is 5.11. The van der Waals surface area contributed by atoms with E-state index in [1.807, 2.05) is 84.9 Å². The zero-order valence-corrected chi connectivity index (χ0v) is 31.2. The molecule has 0 saturated heterocycles. The van der Waals surface area contributed by atoms with Crippen molar-refractivity contribution in [2.45, 2.75) is 47.3 Å². The molecule has 1 aliphatic heterocycles. The lowest BCUT2D eigenvalue weighted by Gasteiger charge is -2.63. The first-order chi connectivity index (χ1) is 26.9. The molecule has 268 valence electrons. The van der Waals surface area contributed by atoms with E-state index in [1.165, 1.54) is 32.1 Å². The first-order valence-corrected chi connectivity index (χ1v) is 21.0. The van der Waals surface area contributed by atoms with Gasteiger partial charge in [0.2, 0.25) is 9.84 Å². The molecule has 7 aromatic rings. The summed E-state index contributed by atoms with van der Waals surface area (Å²) in [6.45, 7) is 0. The van der Waals surface area contributed by atoms with E-state index >= 15 is 0 Å². The van der Waals surface area contributed by atoms with Gasteiger partial charge in [-0.1, -0.05) is 121 Å². The molecule has 12 rings (SSSR count). The zero-order valence-electron chi connectivity index (χ0n) is 30.3. The van der Waals surface area contributed by atoms with E-state index in [9.17, 15) is 8.42 Å². The van der Waals surface area contributed by atoms with E-state index in [-0.39, 0.29) is 5.41 Å². The van der Waals surface area contributed by atoms with Crippen LogP contribution in [0.3, 0.4) is 0 Å². The second-order valence-electron chi connectivity index (χ2n) is 16.1. The molecule has 4 bridgehead atoms. The zero-order chi connectivity index (χ0) is 36.7. The first-order valence-electron chi connectivity index (χ1n) is 19.5. The molecule has 0 atom stereocenters. The molecule has 1 spiro atoms. The molecule has 6 heteroatoms. The van der Waals surface area contributed by atoms with Gasteiger partial charge in [0.25, 0.3) is 0 Å². The van der Waals surface area contributed by atoms with Crippen LogP contribution in [0, 0.1) is 23.7 Å². The van der Waals surface area contributed by atoms with Crippen molar-refractivity contribution < 1.29 is 8.42 Å². The van der Waals surface area contributed by atoms with Crippen LogP contribution in [-0.2, 0) is 15.3 Å². The fourth-order valence-electron chi connectivity index (χ4n) is 11.0. The molecule has 5 aliphatic rings. The number of rotatable bonds is 5. The standard InChI is InChI=1S/C49H39N3O2S/c53-55(54)44-20-8-7-19-42(44)49(40-24-31-23-32(26-40)27-41(49)25-31)43-30-38(21-22-45(43)55)36-16-9-15-35(28-36)37-17-10-18-39(29-37)48-51-46(33-11-3-1-4-12-33)50-47(52-48)34-13-5-2-6-14-34/h1-22,28-32,40-41H,23-27H2. The molecule has 4 fully saturated rings.